The van der Waals surface area contributed by atoms with Crippen LogP contribution in [0.4, 0.5) is 0 Å². The predicted molar refractivity (Wildman–Crippen MR) is 129 cm³/mol. The summed E-state index contributed by atoms with van der Waals surface area (Å²) < 4.78 is 6.53. The van der Waals surface area contributed by atoms with Crippen molar-refractivity contribution in [2.45, 2.75) is 79.2 Å². The molecule has 0 radical (unpaired) electrons. The second-order valence-electron chi connectivity index (χ2n) is 11.8. The van der Waals surface area contributed by atoms with E-state index in [4.69, 9.17) is 4.74 Å². The second-order valence-corrected chi connectivity index (χ2v) is 11.8. The summed E-state index contributed by atoms with van der Waals surface area (Å²) in [6.45, 7) is 14.2. The largest absolute Gasteiger partial charge is 0.507 e. The van der Waals surface area contributed by atoms with Crippen molar-refractivity contribution in [3.63, 3.8) is 0 Å². The molecule has 1 aromatic carbocycles. The number of Topliss-reactive ketones (excluding diaryl/α,β-unsaturated/α-hetero) is 2. The molecule has 4 atom stereocenters. The molecule has 3 aliphatic rings. The van der Waals surface area contributed by atoms with Gasteiger partial charge in [0, 0.05) is 29.7 Å². The van der Waals surface area contributed by atoms with Gasteiger partial charge in [-0.1, -0.05) is 41.2 Å². The van der Waals surface area contributed by atoms with Crippen LogP contribution in [0.15, 0.2) is 12.2 Å². The zero-order valence-electron chi connectivity index (χ0n) is 20.9. The van der Waals surface area contributed by atoms with Gasteiger partial charge in [-0.05, 0) is 48.5 Å². The number of hydrogen-bond donors (Lipinski definition) is 2. The fraction of sp³-hybridized carbons (Fsp3) is 0.607. The molecule has 4 rings (SSSR count). The Balaban J connectivity index is 1.85. The highest BCUT2D eigenvalue weighted by molar-refractivity contribution is 6.05. The number of hydrogen-bond acceptors (Lipinski definition) is 6. The maximum Gasteiger partial charge on any atom is 0.170 e. The molecule has 0 aromatic heterocycles. The molecular formula is C28H36O6. The van der Waals surface area contributed by atoms with E-state index in [1.54, 1.807) is 0 Å². The number of phenols is 2. The summed E-state index contributed by atoms with van der Waals surface area (Å²) in [5.41, 5.74) is 0.231. The lowest BCUT2D eigenvalue weighted by Gasteiger charge is -2.44. The third-order valence-electron chi connectivity index (χ3n) is 8.58. The summed E-state index contributed by atoms with van der Waals surface area (Å²) in [5, 5.41) is 22.0. The predicted octanol–water partition coefficient (Wildman–Crippen LogP) is 5.42. The third-order valence-corrected chi connectivity index (χ3v) is 8.58. The Kier molecular flexibility index (Phi) is 5.94. The lowest BCUT2D eigenvalue weighted by molar-refractivity contribution is -0.117. The van der Waals surface area contributed by atoms with Gasteiger partial charge in [-0.3, -0.25) is 14.4 Å². The van der Waals surface area contributed by atoms with E-state index in [9.17, 15) is 24.6 Å². The number of carbonyl (C=O) groups is 3. The SMILES string of the molecule is C=C1CC[C@H]2[C@@H]([C@@H]3Oc4c(C=O)c(O)c(C(=O)CC(C)C)c(O)c4C[C@]3(C)CCC1=O)C2(C)C. The first kappa shape index (κ1) is 24.5. The van der Waals surface area contributed by atoms with Gasteiger partial charge in [0.15, 0.2) is 17.9 Å². The Labute approximate surface area is 201 Å². The van der Waals surface area contributed by atoms with Crippen LogP contribution in [0.1, 0.15) is 93.0 Å². The van der Waals surface area contributed by atoms with Crippen molar-refractivity contribution in [3.05, 3.63) is 28.8 Å². The van der Waals surface area contributed by atoms with Crippen molar-refractivity contribution in [2.24, 2.45) is 28.6 Å². The van der Waals surface area contributed by atoms with E-state index in [2.05, 4.69) is 27.4 Å². The molecular weight excluding hydrogens is 432 g/mol. The van der Waals surface area contributed by atoms with Crippen LogP contribution in [0.3, 0.4) is 0 Å². The molecule has 2 N–H and O–H groups in total. The molecule has 1 aliphatic heterocycles. The highest BCUT2D eigenvalue weighted by Crippen LogP contribution is 2.67. The first-order chi connectivity index (χ1) is 15.8. The van der Waals surface area contributed by atoms with Gasteiger partial charge in [0.2, 0.25) is 0 Å². The number of ether oxygens (including phenoxy) is 1. The van der Waals surface area contributed by atoms with Crippen LogP contribution < -0.4 is 4.74 Å². The summed E-state index contributed by atoms with van der Waals surface area (Å²) in [5.74, 6) is -0.453. The van der Waals surface area contributed by atoms with Gasteiger partial charge in [-0.15, -0.1) is 0 Å². The average Bonchev–Trinajstić information content (AvgIpc) is 3.29. The fourth-order valence-corrected chi connectivity index (χ4v) is 6.42. The molecule has 0 spiro atoms. The maximum atomic E-state index is 12.9. The monoisotopic (exact) mass is 468 g/mol. The number of allylic oxidation sites excluding steroid dienone is 1. The quantitative estimate of drug-likeness (QED) is 0.348. The zero-order valence-corrected chi connectivity index (χ0v) is 20.9. The van der Waals surface area contributed by atoms with Crippen molar-refractivity contribution < 1.29 is 29.3 Å². The Morgan fingerprint density at radius 1 is 1.21 bits per heavy atom. The van der Waals surface area contributed by atoms with Crippen molar-refractivity contribution in [2.75, 3.05) is 0 Å². The van der Waals surface area contributed by atoms with E-state index >= 15 is 0 Å². The normalized spacial score (nSPS) is 30.0. The van der Waals surface area contributed by atoms with Crippen LogP contribution >= 0.6 is 0 Å². The standard InChI is InChI=1S/C28H36O6/c1-14(2)11-20(31)21-23(32)16-12-28(6)10-9-19(30)15(3)7-8-18-22(27(18,4)5)26(28)34-25(16)17(13-29)24(21)33/h13-14,18,22,26,32-33H,3,7-12H2,1-2,4-6H3/t18-,22-,26-,28-/m0/s1. The number of ketones is 2. The summed E-state index contributed by atoms with van der Waals surface area (Å²) in [6, 6.07) is 0. The first-order valence-electron chi connectivity index (χ1n) is 12.3. The Morgan fingerprint density at radius 2 is 1.88 bits per heavy atom. The highest BCUT2D eigenvalue weighted by Gasteiger charge is 2.65. The van der Waals surface area contributed by atoms with Crippen LogP contribution in [0, 0.1) is 28.6 Å². The van der Waals surface area contributed by atoms with E-state index in [-0.39, 0.29) is 58.2 Å². The van der Waals surface area contributed by atoms with Crippen LogP contribution in [0.2, 0.25) is 0 Å². The molecule has 2 saturated carbocycles. The first-order valence-corrected chi connectivity index (χ1v) is 12.3. The van der Waals surface area contributed by atoms with E-state index in [0.717, 1.165) is 6.42 Å². The average molecular weight is 469 g/mol. The van der Waals surface area contributed by atoms with Gasteiger partial charge < -0.3 is 14.9 Å². The van der Waals surface area contributed by atoms with Crippen molar-refractivity contribution in [3.8, 4) is 17.2 Å². The molecule has 2 aliphatic carbocycles. The minimum atomic E-state index is -0.515. The third kappa shape index (κ3) is 3.75. The molecule has 0 bridgehead atoms. The van der Waals surface area contributed by atoms with Crippen LogP contribution in [-0.4, -0.2) is 34.2 Å². The van der Waals surface area contributed by atoms with E-state index in [0.29, 0.717) is 49.0 Å². The van der Waals surface area contributed by atoms with Gasteiger partial charge in [-0.25, -0.2) is 0 Å². The van der Waals surface area contributed by atoms with Gasteiger partial charge in [-0.2, -0.15) is 0 Å². The molecule has 6 heteroatoms. The molecule has 34 heavy (non-hydrogen) atoms. The van der Waals surface area contributed by atoms with Crippen LogP contribution in [0.5, 0.6) is 17.2 Å². The molecule has 1 heterocycles. The lowest BCUT2D eigenvalue weighted by Crippen LogP contribution is -2.45. The van der Waals surface area contributed by atoms with E-state index < -0.39 is 16.9 Å². The highest BCUT2D eigenvalue weighted by atomic mass is 16.5. The van der Waals surface area contributed by atoms with Gasteiger partial charge in [0.05, 0.1) is 5.56 Å². The Hall–Kier alpha value is -2.63. The van der Waals surface area contributed by atoms with Crippen molar-refractivity contribution in [1.29, 1.82) is 0 Å². The summed E-state index contributed by atoms with van der Waals surface area (Å²) in [7, 11) is 0. The second kappa shape index (κ2) is 8.24. The molecule has 2 fully saturated rings. The smallest absolute Gasteiger partial charge is 0.170 e. The Morgan fingerprint density at radius 3 is 2.50 bits per heavy atom. The number of carbonyl (C=O) groups excluding carboxylic acids is 3. The number of benzene rings is 1. The Bertz CT molecular complexity index is 1080. The molecule has 0 unspecified atom stereocenters. The van der Waals surface area contributed by atoms with Crippen LogP contribution in [0.25, 0.3) is 0 Å². The molecule has 184 valence electrons. The van der Waals surface area contributed by atoms with E-state index in [1.165, 1.54) is 0 Å². The van der Waals surface area contributed by atoms with Crippen LogP contribution in [-0.2, 0) is 11.2 Å². The van der Waals surface area contributed by atoms with Crippen molar-refractivity contribution in [1.82, 2.24) is 0 Å². The molecule has 0 amide bonds. The zero-order chi connectivity index (χ0) is 25.2. The number of aldehydes is 1. The lowest BCUT2D eigenvalue weighted by atomic mass is 9.69. The minimum Gasteiger partial charge on any atom is -0.507 e. The minimum absolute atomic E-state index is 0.00427. The topological polar surface area (TPSA) is 101 Å². The van der Waals surface area contributed by atoms with Gasteiger partial charge >= 0.3 is 0 Å². The summed E-state index contributed by atoms with van der Waals surface area (Å²) in [6.07, 6.45) is 3.10. The maximum absolute atomic E-state index is 12.9. The molecule has 1 aromatic rings. The number of fused-ring (bicyclic) bond motifs is 4. The number of phenolic OH excluding ortho intramolecular Hbond substituents is 2. The van der Waals surface area contributed by atoms with Gasteiger partial charge in [0.1, 0.15) is 28.9 Å². The number of aromatic hydroxyl groups is 2. The summed E-state index contributed by atoms with van der Waals surface area (Å²) >= 11 is 0. The number of rotatable bonds is 4. The summed E-state index contributed by atoms with van der Waals surface area (Å²) in [4.78, 5) is 37.7. The van der Waals surface area contributed by atoms with Gasteiger partial charge in [0.25, 0.3) is 0 Å². The fourth-order valence-electron chi connectivity index (χ4n) is 6.42. The molecule has 0 saturated heterocycles. The molecule has 6 nitrogen and oxygen atoms in total. The van der Waals surface area contributed by atoms with E-state index in [1.807, 2.05) is 13.8 Å². The van der Waals surface area contributed by atoms with Crippen molar-refractivity contribution >= 4 is 17.9 Å².